The molecular weight excluding hydrogens is 304 g/mol. The van der Waals surface area contributed by atoms with Crippen LogP contribution in [0.2, 0.25) is 0 Å². The van der Waals surface area contributed by atoms with E-state index in [1.807, 2.05) is 30.2 Å². The van der Waals surface area contributed by atoms with Crippen LogP contribution >= 0.6 is 0 Å². The van der Waals surface area contributed by atoms with E-state index in [1.54, 1.807) is 4.68 Å². The second-order valence-electron chi connectivity index (χ2n) is 7.02. The van der Waals surface area contributed by atoms with E-state index in [1.165, 1.54) is 12.8 Å². The molecule has 0 bridgehead atoms. The van der Waals surface area contributed by atoms with Gasteiger partial charge >= 0.3 is 0 Å². The Kier molecular flexibility index (Phi) is 4.12. The molecule has 1 saturated heterocycles. The van der Waals surface area contributed by atoms with Crippen molar-refractivity contribution in [2.75, 3.05) is 6.54 Å². The van der Waals surface area contributed by atoms with Gasteiger partial charge in [-0.1, -0.05) is 18.1 Å². The number of rotatable bonds is 4. The first-order chi connectivity index (χ1) is 11.7. The van der Waals surface area contributed by atoms with Crippen LogP contribution in [0.3, 0.4) is 0 Å². The minimum Gasteiger partial charge on any atom is -0.464 e. The quantitative estimate of drug-likeness (QED) is 0.864. The molecule has 4 rings (SSSR count). The summed E-state index contributed by atoms with van der Waals surface area (Å²) >= 11 is 0. The molecule has 1 amide bonds. The summed E-state index contributed by atoms with van der Waals surface area (Å²) in [6.07, 6.45) is 8.62. The van der Waals surface area contributed by atoms with Gasteiger partial charge in [0.05, 0.1) is 11.7 Å². The summed E-state index contributed by atoms with van der Waals surface area (Å²) in [7, 11) is 0. The number of carbonyl (C=O) groups is 1. The number of nitrogens with zero attached hydrogens (tertiary/aromatic N) is 4. The molecule has 0 N–H and O–H groups in total. The highest BCUT2D eigenvalue weighted by molar-refractivity contribution is 5.76. The Morgan fingerprint density at radius 1 is 1.25 bits per heavy atom. The Morgan fingerprint density at radius 2 is 2.12 bits per heavy atom. The van der Waals surface area contributed by atoms with Gasteiger partial charge in [-0.3, -0.25) is 4.79 Å². The normalized spacial score (nSPS) is 21.7. The number of hydrogen-bond acceptors (Lipinski definition) is 4. The fraction of sp³-hybridized carbons (Fsp3) is 0.611. The highest BCUT2D eigenvalue weighted by atomic mass is 16.3. The highest BCUT2D eigenvalue weighted by Gasteiger charge is 2.30. The van der Waals surface area contributed by atoms with Gasteiger partial charge in [-0.05, 0) is 44.7 Å². The summed E-state index contributed by atoms with van der Waals surface area (Å²) in [5.41, 5.74) is 1.02. The van der Waals surface area contributed by atoms with E-state index in [0.717, 1.165) is 49.4 Å². The van der Waals surface area contributed by atoms with E-state index < -0.39 is 0 Å². The van der Waals surface area contributed by atoms with Crippen molar-refractivity contribution in [3.8, 4) is 0 Å². The zero-order valence-corrected chi connectivity index (χ0v) is 14.1. The topological polar surface area (TPSA) is 64.2 Å². The average molecular weight is 328 g/mol. The molecule has 1 atom stereocenters. The van der Waals surface area contributed by atoms with Gasteiger partial charge in [0.1, 0.15) is 18.1 Å². The van der Waals surface area contributed by atoms with Crippen LogP contribution in [0, 0.1) is 6.92 Å². The third kappa shape index (κ3) is 3.23. The van der Waals surface area contributed by atoms with Crippen LogP contribution in [-0.4, -0.2) is 32.3 Å². The molecule has 3 heterocycles. The Morgan fingerprint density at radius 3 is 2.88 bits per heavy atom. The standard InChI is InChI=1S/C18H24N4O2/c1-13-6-9-17(24-13)16-5-3-2-4-10-22(16)18(23)12-21-11-15(19-20-21)14-7-8-14/h6,9,11,14,16H,2-5,7-8,10,12H2,1H3. The molecule has 6 nitrogen and oxygen atoms in total. The summed E-state index contributed by atoms with van der Waals surface area (Å²) < 4.78 is 7.51. The number of aryl methyl sites for hydroxylation is 1. The first-order valence-electron chi connectivity index (χ1n) is 8.96. The molecule has 2 fully saturated rings. The van der Waals surface area contributed by atoms with Gasteiger partial charge in [-0.2, -0.15) is 0 Å². The zero-order valence-electron chi connectivity index (χ0n) is 14.1. The Labute approximate surface area is 141 Å². The average Bonchev–Trinajstić information content (AvgIpc) is 3.25. The van der Waals surface area contributed by atoms with Gasteiger partial charge in [0.15, 0.2) is 0 Å². The summed E-state index contributed by atoms with van der Waals surface area (Å²) in [6, 6.07) is 4.02. The summed E-state index contributed by atoms with van der Waals surface area (Å²) in [5, 5.41) is 8.33. The monoisotopic (exact) mass is 328 g/mol. The van der Waals surface area contributed by atoms with E-state index in [0.29, 0.717) is 5.92 Å². The fourth-order valence-corrected chi connectivity index (χ4v) is 3.52. The van der Waals surface area contributed by atoms with E-state index >= 15 is 0 Å². The molecule has 0 radical (unpaired) electrons. The molecule has 128 valence electrons. The van der Waals surface area contributed by atoms with Crippen LogP contribution in [0.15, 0.2) is 22.7 Å². The van der Waals surface area contributed by atoms with Crippen molar-refractivity contribution < 1.29 is 9.21 Å². The van der Waals surface area contributed by atoms with E-state index in [9.17, 15) is 4.79 Å². The fourth-order valence-electron chi connectivity index (χ4n) is 3.52. The van der Waals surface area contributed by atoms with Crippen molar-refractivity contribution in [2.45, 2.75) is 64.0 Å². The van der Waals surface area contributed by atoms with Crippen molar-refractivity contribution in [1.82, 2.24) is 19.9 Å². The highest BCUT2D eigenvalue weighted by Crippen LogP contribution is 2.38. The maximum Gasteiger partial charge on any atom is 0.244 e. The molecule has 2 aromatic heterocycles. The molecule has 6 heteroatoms. The lowest BCUT2D eigenvalue weighted by molar-refractivity contribution is -0.135. The van der Waals surface area contributed by atoms with Crippen molar-refractivity contribution in [1.29, 1.82) is 0 Å². The van der Waals surface area contributed by atoms with Crippen LogP contribution in [0.25, 0.3) is 0 Å². The lowest BCUT2D eigenvalue weighted by Crippen LogP contribution is -2.37. The Bertz CT molecular complexity index is 716. The third-order valence-electron chi connectivity index (χ3n) is 5.01. The summed E-state index contributed by atoms with van der Waals surface area (Å²) in [4.78, 5) is 14.9. The third-order valence-corrected chi connectivity index (χ3v) is 5.01. The molecule has 24 heavy (non-hydrogen) atoms. The molecule has 1 unspecified atom stereocenters. The molecule has 1 aliphatic carbocycles. The Hall–Kier alpha value is -2.11. The molecule has 1 aliphatic heterocycles. The van der Waals surface area contributed by atoms with E-state index in [-0.39, 0.29) is 18.5 Å². The van der Waals surface area contributed by atoms with Gasteiger partial charge in [0, 0.05) is 18.7 Å². The molecule has 2 aromatic rings. The number of likely N-dealkylation sites (tertiary alicyclic amines) is 1. The second kappa shape index (κ2) is 6.42. The van der Waals surface area contributed by atoms with Gasteiger partial charge in [0.25, 0.3) is 0 Å². The lowest BCUT2D eigenvalue weighted by Gasteiger charge is -2.28. The van der Waals surface area contributed by atoms with Gasteiger partial charge in [-0.15, -0.1) is 5.10 Å². The summed E-state index contributed by atoms with van der Waals surface area (Å²) in [5.74, 6) is 2.46. The van der Waals surface area contributed by atoms with Crippen LogP contribution < -0.4 is 0 Å². The number of carbonyl (C=O) groups excluding carboxylic acids is 1. The van der Waals surface area contributed by atoms with Crippen molar-refractivity contribution in [3.05, 3.63) is 35.5 Å². The molecule has 0 aromatic carbocycles. The molecule has 0 spiro atoms. The van der Waals surface area contributed by atoms with Crippen LogP contribution in [0.1, 0.15) is 67.7 Å². The summed E-state index contributed by atoms with van der Waals surface area (Å²) in [6.45, 7) is 2.99. The smallest absolute Gasteiger partial charge is 0.244 e. The Balaban J connectivity index is 1.50. The largest absolute Gasteiger partial charge is 0.464 e. The van der Waals surface area contributed by atoms with Crippen molar-refractivity contribution >= 4 is 5.91 Å². The minimum atomic E-state index is 0.0418. The zero-order chi connectivity index (χ0) is 16.5. The minimum absolute atomic E-state index is 0.0418. The molecular formula is C18H24N4O2. The van der Waals surface area contributed by atoms with Crippen molar-refractivity contribution in [2.24, 2.45) is 0 Å². The van der Waals surface area contributed by atoms with E-state index in [2.05, 4.69) is 10.3 Å². The molecule has 1 saturated carbocycles. The van der Waals surface area contributed by atoms with Gasteiger partial charge < -0.3 is 9.32 Å². The SMILES string of the molecule is Cc1ccc(C2CCCCCN2C(=O)Cn2cc(C3CC3)nn2)o1. The predicted octanol–water partition coefficient (Wildman–Crippen LogP) is 3.20. The first-order valence-corrected chi connectivity index (χ1v) is 8.96. The van der Waals surface area contributed by atoms with Crippen molar-refractivity contribution in [3.63, 3.8) is 0 Å². The maximum absolute atomic E-state index is 12.9. The maximum atomic E-state index is 12.9. The van der Waals surface area contributed by atoms with Crippen LogP contribution in [-0.2, 0) is 11.3 Å². The number of aromatic nitrogens is 3. The van der Waals surface area contributed by atoms with Crippen LogP contribution in [0.4, 0.5) is 0 Å². The number of furan rings is 1. The number of amides is 1. The first kappa shape index (κ1) is 15.4. The molecule has 2 aliphatic rings. The van der Waals surface area contributed by atoms with E-state index in [4.69, 9.17) is 4.42 Å². The predicted molar refractivity (Wildman–Crippen MR) is 88.4 cm³/mol. The van der Waals surface area contributed by atoms with Gasteiger partial charge in [-0.25, -0.2) is 4.68 Å². The van der Waals surface area contributed by atoms with Crippen LogP contribution in [0.5, 0.6) is 0 Å². The second-order valence-corrected chi connectivity index (χ2v) is 7.02. The lowest BCUT2D eigenvalue weighted by atomic mass is 10.1. The number of hydrogen-bond donors (Lipinski definition) is 0. The van der Waals surface area contributed by atoms with Gasteiger partial charge in [0.2, 0.25) is 5.91 Å².